The van der Waals surface area contributed by atoms with Crippen molar-refractivity contribution in [3.63, 3.8) is 0 Å². The SMILES string of the molecule is CC1=C(C#N)C(=O)N(C)C(=[NH+]Cc2ccccc2)C1=C[NH2+]Cc1ccccc1. The van der Waals surface area contributed by atoms with Gasteiger partial charge in [0.1, 0.15) is 36.5 Å². The van der Waals surface area contributed by atoms with Gasteiger partial charge in [0, 0.05) is 5.56 Å². The van der Waals surface area contributed by atoms with Crippen LogP contribution >= 0.6 is 0 Å². The second-order valence-electron chi connectivity index (χ2n) is 6.67. The minimum atomic E-state index is -0.282. The molecule has 0 aliphatic carbocycles. The molecule has 0 atom stereocenters. The second kappa shape index (κ2) is 8.94. The predicted octanol–water partition coefficient (Wildman–Crippen LogP) is 0.625. The summed E-state index contributed by atoms with van der Waals surface area (Å²) >= 11 is 0. The fourth-order valence-corrected chi connectivity index (χ4v) is 3.18. The molecule has 0 saturated heterocycles. The van der Waals surface area contributed by atoms with E-state index in [0.717, 1.165) is 23.5 Å². The molecule has 0 bridgehead atoms. The zero-order chi connectivity index (χ0) is 19.9. The van der Waals surface area contributed by atoms with E-state index < -0.39 is 0 Å². The molecule has 2 aromatic rings. The summed E-state index contributed by atoms with van der Waals surface area (Å²) in [6.07, 6.45) is 2.00. The molecule has 1 amide bonds. The topological polar surface area (TPSA) is 74.7 Å². The lowest BCUT2D eigenvalue weighted by atomic mass is 9.96. The summed E-state index contributed by atoms with van der Waals surface area (Å²) < 4.78 is 0. The molecule has 0 unspecified atom stereocenters. The molecule has 28 heavy (non-hydrogen) atoms. The van der Waals surface area contributed by atoms with Gasteiger partial charge in [0.2, 0.25) is 0 Å². The lowest BCUT2D eigenvalue weighted by Gasteiger charge is -2.20. The van der Waals surface area contributed by atoms with Crippen LogP contribution in [-0.4, -0.2) is 23.7 Å². The van der Waals surface area contributed by atoms with Gasteiger partial charge in [0.25, 0.3) is 5.84 Å². The van der Waals surface area contributed by atoms with E-state index in [-0.39, 0.29) is 11.5 Å². The van der Waals surface area contributed by atoms with Gasteiger partial charge in [-0.15, -0.1) is 0 Å². The Morgan fingerprint density at radius 2 is 1.68 bits per heavy atom. The first-order valence-corrected chi connectivity index (χ1v) is 9.23. The van der Waals surface area contributed by atoms with Gasteiger partial charge in [-0.2, -0.15) is 10.2 Å². The molecule has 5 heteroatoms. The molecular formula is C23H24N4O+2. The Bertz CT molecular complexity index is 982. The van der Waals surface area contributed by atoms with Gasteiger partial charge in [-0.1, -0.05) is 60.7 Å². The summed E-state index contributed by atoms with van der Waals surface area (Å²) in [5.41, 5.74) is 4.08. The normalized spacial score (nSPS) is 17.3. The number of amidine groups is 1. The molecule has 0 radical (unpaired) electrons. The zero-order valence-electron chi connectivity index (χ0n) is 16.1. The predicted molar refractivity (Wildman–Crippen MR) is 107 cm³/mol. The number of carbonyl (C=O) groups excluding carboxylic acids is 1. The highest BCUT2D eigenvalue weighted by Gasteiger charge is 2.38. The summed E-state index contributed by atoms with van der Waals surface area (Å²) in [5.74, 6) is 0.436. The Hall–Kier alpha value is -3.49. The lowest BCUT2D eigenvalue weighted by molar-refractivity contribution is -0.605. The number of rotatable bonds is 5. The highest BCUT2D eigenvalue weighted by Crippen LogP contribution is 2.22. The number of quaternary nitrogens is 1. The fraction of sp³-hybridized carbons (Fsp3) is 0.174. The van der Waals surface area contributed by atoms with Crippen molar-refractivity contribution in [1.29, 1.82) is 5.26 Å². The Morgan fingerprint density at radius 3 is 2.29 bits per heavy atom. The molecule has 1 aliphatic rings. The van der Waals surface area contributed by atoms with Gasteiger partial charge >= 0.3 is 5.91 Å². The highest BCUT2D eigenvalue weighted by molar-refractivity contribution is 6.17. The average Bonchev–Trinajstić information content (AvgIpc) is 2.73. The van der Waals surface area contributed by atoms with E-state index in [1.54, 1.807) is 7.05 Å². The molecule has 5 nitrogen and oxygen atoms in total. The molecule has 0 saturated carbocycles. The van der Waals surface area contributed by atoms with Gasteiger partial charge in [-0.3, -0.25) is 4.99 Å². The van der Waals surface area contributed by atoms with Crippen LogP contribution in [0.2, 0.25) is 0 Å². The Kier molecular flexibility index (Phi) is 6.15. The molecule has 0 aromatic heterocycles. The quantitative estimate of drug-likeness (QED) is 0.808. The molecule has 3 rings (SSSR count). The monoisotopic (exact) mass is 372 g/mol. The van der Waals surface area contributed by atoms with Gasteiger partial charge in [0.15, 0.2) is 0 Å². The van der Waals surface area contributed by atoms with Crippen molar-refractivity contribution in [3.8, 4) is 6.07 Å². The Morgan fingerprint density at radius 1 is 1.07 bits per heavy atom. The number of nitriles is 1. The molecule has 140 valence electrons. The van der Waals surface area contributed by atoms with Crippen LogP contribution in [0.1, 0.15) is 18.1 Å². The number of carbonyl (C=O) groups is 1. The van der Waals surface area contributed by atoms with Crippen LogP contribution in [-0.2, 0) is 17.9 Å². The summed E-state index contributed by atoms with van der Waals surface area (Å²) in [4.78, 5) is 17.5. The van der Waals surface area contributed by atoms with E-state index in [2.05, 4.69) is 28.5 Å². The molecule has 1 aliphatic heterocycles. The van der Waals surface area contributed by atoms with Crippen LogP contribution in [0.4, 0.5) is 0 Å². The van der Waals surface area contributed by atoms with Crippen molar-refractivity contribution in [1.82, 2.24) is 4.90 Å². The highest BCUT2D eigenvalue weighted by atomic mass is 16.2. The molecule has 3 N–H and O–H groups in total. The van der Waals surface area contributed by atoms with Crippen LogP contribution in [0.5, 0.6) is 0 Å². The minimum Gasteiger partial charge on any atom is -0.315 e. The maximum Gasteiger partial charge on any atom is 0.351 e. The number of amides is 1. The standard InChI is InChI=1S/C23H22N4O/c1-17-20(13-24)23(28)27(2)22(26-15-19-11-7-4-8-12-19)21(17)16-25-14-18-9-5-3-6-10-18/h3-12,16,25H,14-15H2,1-2H3/p+2. The maximum absolute atomic E-state index is 12.6. The third kappa shape index (κ3) is 4.25. The number of hydrogen-bond acceptors (Lipinski definition) is 2. The summed E-state index contributed by atoms with van der Waals surface area (Å²) in [7, 11) is 1.70. The summed E-state index contributed by atoms with van der Waals surface area (Å²) in [6.45, 7) is 3.21. The van der Waals surface area contributed by atoms with E-state index in [4.69, 9.17) is 0 Å². The van der Waals surface area contributed by atoms with Crippen molar-refractivity contribution in [2.24, 2.45) is 0 Å². The first-order chi connectivity index (χ1) is 13.6. The molecule has 0 spiro atoms. The number of nitrogens with zero attached hydrogens (tertiary/aromatic N) is 2. The number of benzene rings is 2. The van der Waals surface area contributed by atoms with Crippen molar-refractivity contribution < 1.29 is 15.1 Å². The van der Waals surface area contributed by atoms with E-state index in [1.165, 1.54) is 10.5 Å². The number of nitrogens with one attached hydrogen (secondary N) is 1. The number of hydrogen-bond donors (Lipinski definition) is 2. The molecule has 0 fully saturated rings. The van der Waals surface area contributed by atoms with Crippen molar-refractivity contribution in [2.45, 2.75) is 20.0 Å². The lowest BCUT2D eigenvalue weighted by Crippen LogP contribution is -2.79. The average molecular weight is 372 g/mol. The van der Waals surface area contributed by atoms with E-state index in [9.17, 15) is 10.1 Å². The van der Waals surface area contributed by atoms with Crippen LogP contribution in [0.15, 0.2) is 83.6 Å². The van der Waals surface area contributed by atoms with Crippen molar-refractivity contribution >= 4 is 11.7 Å². The maximum atomic E-state index is 12.6. The smallest absolute Gasteiger partial charge is 0.315 e. The van der Waals surface area contributed by atoms with Crippen LogP contribution in [0, 0.1) is 11.3 Å². The van der Waals surface area contributed by atoms with E-state index in [1.807, 2.05) is 61.7 Å². The first-order valence-electron chi connectivity index (χ1n) is 9.23. The van der Waals surface area contributed by atoms with Crippen molar-refractivity contribution in [2.75, 3.05) is 7.05 Å². The van der Waals surface area contributed by atoms with Gasteiger partial charge in [-0.05, 0) is 18.1 Å². The Balaban J connectivity index is 1.92. The van der Waals surface area contributed by atoms with Crippen molar-refractivity contribution in [3.05, 3.63) is 94.7 Å². The van der Waals surface area contributed by atoms with Gasteiger partial charge < -0.3 is 5.32 Å². The van der Waals surface area contributed by atoms with Gasteiger partial charge in [0.05, 0.1) is 7.05 Å². The number of nitrogens with two attached hydrogens (primary N) is 1. The zero-order valence-corrected chi connectivity index (χ0v) is 16.1. The van der Waals surface area contributed by atoms with Crippen LogP contribution in [0.3, 0.4) is 0 Å². The van der Waals surface area contributed by atoms with E-state index in [0.29, 0.717) is 12.1 Å². The molecule has 2 aromatic carbocycles. The minimum absolute atomic E-state index is 0.187. The van der Waals surface area contributed by atoms with Gasteiger partial charge in [-0.25, -0.2) is 4.79 Å². The van der Waals surface area contributed by atoms with E-state index >= 15 is 0 Å². The van der Waals surface area contributed by atoms with Crippen LogP contribution < -0.4 is 10.3 Å². The number of likely N-dealkylation sites (N-methyl/N-ethyl adjacent to an activating group) is 1. The molecule has 1 heterocycles. The third-order valence-electron chi connectivity index (χ3n) is 4.78. The molecular weight excluding hydrogens is 348 g/mol. The van der Waals surface area contributed by atoms with Crippen LogP contribution in [0.25, 0.3) is 0 Å². The fourth-order valence-electron chi connectivity index (χ4n) is 3.18. The summed E-state index contributed by atoms with van der Waals surface area (Å²) in [5, 5.41) is 11.5. The summed E-state index contributed by atoms with van der Waals surface area (Å²) in [6, 6.07) is 22.3. The largest absolute Gasteiger partial charge is 0.351 e. The third-order valence-corrected chi connectivity index (χ3v) is 4.78. The Labute approximate surface area is 165 Å². The second-order valence-corrected chi connectivity index (χ2v) is 6.67. The first kappa shape index (κ1) is 19.3.